The van der Waals surface area contributed by atoms with Crippen LogP contribution in [-0.2, 0) is 12.8 Å². The Morgan fingerprint density at radius 3 is 2.61 bits per heavy atom. The van der Waals surface area contributed by atoms with Crippen molar-refractivity contribution in [1.82, 2.24) is 14.8 Å². The van der Waals surface area contributed by atoms with Gasteiger partial charge in [-0.2, -0.15) is 5.10 Å². The molecule has 0 aliphatic heterocycles. The third kappa shape index (κ3) is 2.18. The van der Waals surface area contributed by atoms with E-state index in [1.807, 2.05) is 17.7 Å². The number of rotatable bonds is 4. The van der Waals surface area contributed by atoms with Crippen LogP contribution in [0.4, 0.5) is 0 Å². The van der Waals surface area contributed by atoms with Crippen LogP contribution in [0.15, 0.2) is 18.3 Å². The van der Waals surface area contributed by atoms with Gasteiger partial charge in [-0.15, -0.1) is 0 Å². The second-order valence-corrected chi connectivity index (χ2v) is 4.27. The van der Waals surface area contributed by atoms with Crippen molar-refractivity contribution >= 4 is 6.29 Å². The van der Waals surface area contributed by atoms with Crippen LogP contribution in [0, 0.1) is 6.92 Å². The molecule has 0 saturated carbocycles. The smallest absolute Gasteiger partial charge is 0.156 e. The summed E-state index contributed by atoms with van der Waals surface area (Å²) in [4.78, 5) is 15.1. The molecule has 0 aliphatic rings. The molecule has 2 heterocycles. The molecule has 4 nitrogen and oxygen atoms in total. The number of carbonyl (C=O) groups is 1. The molecule has 94 valence electrons. The first-order chi connectivity index (χ1) is 8.69. The first-order valence-electron chi connectivity index (χ1n) is 6.19. The summed E-state index contributed by atoms with van der Waals surface area (Å²) in [5, 5.41) is 4.55. The number of aromatic nitrogens is 3. The predicted molar refractivity (Wildman–Crippen MR) is 70.2 cm³/mol. The van der Waals surface area contributed by atoms with Crippen molar-refractivity contribution in [3.8, 4) is 5.82 Å². The number of pyridine rings is 1. The normalized spacial score (nSPS) is 10.6. The van der Waals surface area contributed by atoms with E-state index in [2.05, 4.69) is 30.0 Å². The minimum atomic E-state index is 0.595. The van der Waals surface area contributed by atoms with Crippen molar-refractivity contribution in [2.45, 2.75) is 33.6 Å². The van der Waals surface area contributed by atoms with Gasteiger partial charge in [-0.1, -0.05) is 13.8 Å². The minimum Gasteiger partial charge on any atom is -0.298 e. The Morgan fingerprint density at radius 2 is 2.06 bits per heavy atom. The van der Waals surface area contributed by atoms with E-state index >= 15 is 0 Å². The third-order valence-corrected chi connectivity index (χ3v) is 2.97. The van der Waals surface area contributed by atoms with Crippen molar-refractivity contribution in [3.63, 3.8) is 0 Å². The number of nitrogens with zero attached hydrogens (tertiary/aromatic N) is 3. The zero-order chi connectivity index (χ0) is 13.1. The van der Waals surface area contributed by atoms with Gasteiger partial charge in [-0.25, -0.2) is 9.67 Å². The second-order valence-electron chi connectivity index (χ2n) is 4.27. The van der Waals surface area contributed by atoms with Crippen LogP contribution in [0.1, 0.15) is 41.2 Å². The summed E-state index contributed by atoms with van der Waals surface area (Å²) < 4.78 is 1.88. The fourth-order valence-corrected chi connectivity index (χ4v) is 1.96. The second kappa shape index (κ2) is 5.12. The predicted octanol–water partition coefficient (Wildman–Crippen LogP) is 2.51. The Morgan fingerprint density at radius 1 is 1.28 bits per heavy atom. The lowest BCUT2D eigenvalue weighted by Gasteiger charge is -2.08. The molecule has 0 radical (unpaired) electrons. The fourth-order valence-electron chi connectivity index (χ4n) is 1.96. The Hall–Kier alpha value is -1.97. The molecule has 2 aromatic rings. The molecule has 0 atom stereocenters. The molecule has 0 bridgehead atoms. The maximum Gasteiger partial charge on any atom is 0.156 e. The maximum atomic E-state index is 10.7. The Balaban J connectivity index is 2.53. The molecule has 4 heteroatoms. The molecule has 0 spiro atoms. The number of aryl methyl sites for hydroxylation is 3. The van der Waals surface area contributed by atoms with Gasteiger partial charge in [0.2, 0.25) is 0 Å². The summed E-state index contributed by atoms with van der Waals surface area (Å²) in [6.45, 7) is 6.13. The van der Waals surface area contributed by atoms with Gasteiger partial charge < -0.3 is 0 Å². The fraction of sp³-hybridized carbons (Fsp3) is 0.357. The molecule has 18 heavy (non-hydrogen) atoms. The molecule has 0 saturated heterocycles. The van der Waals surface area contributed by atoms with Gasteiger partial charge in [0.1, 0.15) is 0 Å². The van der Waals surface area contributed by atoms with E-state index in [1.165, 1.54) is 0 Å². The van der Waals surface area contributed by atoms with Crippen LogP contribution in [0.3, 0.4) is 0 Å². The summed E-state index contributed by atoms with van der Waals surface area (Å²) in [6.07, 6.45) is 4.21. The average molecular weight is 243 g/mol. The van der Waals surface area contributed by atoms with E-state index in [4.69, 9.17) is 0 Å². The first-order valence-corrected chi connectivity index (χ1v) is 6.19. The average Bonchev–Trinajstić information content (AvgIpc) is 2.81. The highest BCUT2D eigenvalue weighted by Gasteiger charge is 2.11. The number of hydrogen-bond donors (Lipinski definition) is 0. The van der Waals surface area contributed by atoms with Crippen molar-refractivity contribution < 1.29 is 4.79 Å². The number of aldehydes is 1. The Bertz CT molecular complexity index is 572. The Labute approximate surface area is 107 Å². The molecule has 0 unspecified atom stereocenters. The summed E-state index contributed by atoms with van der Waals surface area (Å²) in [5.74, 6) is 0.803. The maximum absolute atomic E-state index is 10.7. The van der Waals surface area contributed by atoms with Crippen molar-refractivity contribution in [2.24, 2.45) is 0 Å². The zero-order valence-corrected chi connectivity index (χ0v) is 11.0. The van der Waals surface area contributed by atoms with Gasteiger partial charge in [-0.05, 0) is 37.5 Å². The standard InChI is InChI=1S/C14H17N3O/c1-4-12-7-13(5-2)17(16-12)14-10(3)6-11(9-18)8-15-14/h6-9H,4-5H2,1-3H3. The van der Waals surface area contributed by atoms with E-state index in [9.17, 15) is 4.79 Å². The lowest BCUT2D eigenvalue weighted by molar-refractivity contribution is 0.112. The SMILES string of the molecule is CCc1cc(CC)n(-c2ncc(C=O)cc2C)n1. The number of carbonyl (C=O) groups excluding carboxylic acids is 1. The van der Waals surface area contributed by atoms with Gasteiger partial charge in [0, 0.05) is 17.5 Å². The Kier molecular flexibility index (Phi) is 3.55. The molecule has 2 aromatic heterocycles. The van der Waals surface area contributed by atoms with Crippen molar-refractivity contribution in [2.75, 3.05) is 0 Å². The largest absolute Gasteiger partial charge is 0.298 e. The lowest BCUT2D eigenvalue weighted by atomic mass is 10.2. The summed E-state index contributed by atoms with van der Waals surface area (Å²) >= 11 is 0. The van der Waals surface area contributed by atoms with Gasteiger partial charge >= 0.3 is 0 Å². The first kappa shape index (κ1) is 12.5. The molecular formula is C14H17N3O. The molecule has 0 fully saturated rings. The molecular weight excluding hydrogens is 226 g/mol. The quantitative estimate of drug-likeness (QED) is 0.775. The van der Waals surface area contributed by atoms with Crippen LogP contribution in [-0.4, -0.2) is 21.1 Å². The van der Waals surface area contributed by atoms with E-state index in [0.717, 1.165) is 41.9 Å². The third-order valence-electron chi connectivity index (χ3n) is 2.97. The summed E-state index contributed by atoms with van der Waals surface area (Å²) in [5.41, 5.74) is 3.76. The van der Waals surface area contributed by atoms with E-state index in [1.54, 1.807) is 6.20 Å². The topological polar surface area (TPSA) is 47.8 Å². The molecule has 0 N–H and O–H groups in total. The highest BCUT2D eigenvalue weighted by Crippen LogP contribution is 2.16. The number of hydrogen-bond acceptors (Lipinski definition) is 3. The van der Waals surface area contributed by atoms with E-state index in [0.29, 0.717) is 5.56 Å². The minimum absolute atomic E-state index is 0.595. The van der Waals surface area contributed by atoms with Crippen LogP contribution >= 0.6 is 0 Å². The van der Waals surface area contributed by atoms with Gasteiger partial charge in [0.25, 0.3) is 0 Å². The zero-order valence-electron chi connectivity index (χ0n) is 11.0. The molecule has 0 aliphatic carbocycles. The molecule has 0 aromatic carbocycles. The van der Waals surface area contributed by atoms with Crippen LogP contribution in [0.5, 0.6) is 0 Å². The summed E-state index contributed by atoms with van der Waals surface area (Å²) in [6, 6.07) is 3.94. The van der Waals surface area contributed by atoms with Crippen molar-refractivity contribution in [1.29, 1.82) is 0 Å². The van der Waals surface area contributed by atoms with Gasteiger partial charge in [0.05, 0.1) is 5.69 Å². The molecule has 0 amide bonds. The van der Waals surface area contributed by atoms with E-state index < -0.39 is 0 Å². The van der Waals surface area contributed by atoms with Crippen LogP contribution in [0.2, 0.25) is 0 Å². The van der Waals surface area contributed by atoms with Gasteiger partial charge in [0.15, 0.2) is 12.1 Å². The lowest BCUT2D eigenvalue weighted by Crippen LogP contribution is -2.06. The van der Waals surface area contributed by atoms with Crippen LogP contribution in [0.25, 0.3) is 5.82 Å². The molecule has 2 rings (SSSR count). The van der Waals surface area contributed by atoms with Crippen LogP contribution < -0.4 is 0 Å². The highest BCUT2D eigenvalue weighted by molar-refractivity contribution is 5.74. The monoisotopic (exact) mass is 243 g/mol. The van der Waals surface area contributed by atoms with E-state index in [-0.39, 0.29) is 0 Å². The highest BCUT2D eigenvalue weighted by atomic mass is 16.1. The van der Waals surface area contributed by atoms with Gasteiger partial charge in [-0.3, -0.25) is 4.79 Å². The summed E-state index contributed by atoms with van der Waals surface area (Å²) in [7, 11) is 0. The van der Waals surface area contributed by atoms with Crippen molar-refractivity contribution in [3.05, 3.63) is 40.8 Å².